The standard InChI is InChI=1S/C12H18O2/c1-9(2)12(13)11-6-4-5-10(7-11)8-14-3/h4-7,9,12-13H,8H2,1-3H3. The maximum Gasteiger partial charge on any atom is 0.0813 e. The Kier molecular flexibility index (Phi) is 4.11. The van der Waals surface area contributed by atoms with E-state index >= 15 is 0 Å². The van der Waals surface area contributed by atoms with Gasteiger partial charge in [-0.3, -0.25) is 0 Å². The highest BCUT2D eigenvalue weighted by atomic mass is 16.5. The highest BCUT2D eigenvalue weighted by Gasteiger charge is 2.11. The first-order valence-electron chi connectivity index (χ1n) is 4.91. The van der Waals surface area contributed by atoms with Crippen LogP contribution in [0.25, 0.3) is 0 Å². The largest absolute Gasteiger partial charge is 0.388 e. The van der Waals surface area contributed by atoms with Gasteiger partial charge in [-0.05, 0) is 17.0 Å². The lowest BCUT2D eigenvalue weighted by Gasteiger charge is -2.15. The Morgan fingerprint density at radius 1 is 1.36 bits per heavy atom. The number of methoxy groups -OCH3 is 1. The second kappa shape index (κ2) is 5.13. The third-order valence-corrected chi connectivity index (χ3v) is 2.24. The molecule has 0 aliphatic heterocycles. The molecule has 14 heavy (non-hydrogen) atoms. The lowest BCUT2D eigenvalue weighted by atomic mass is 9.98. The molecule has 1 aromatic carbocycles. The molecule has 2 heteroatoms. The van der Waals surface area contributed by atoms with E-state index < -0.39 is 0 Å². The summed E-state index contributed by atoms with van der Waals surface area (Å²) in [6, 6.07) is 7.90. The van der Waals surface area contributed by atoms with E-state index in [9.17, 15) is 5.11 Å². The van der Waals surface area contributed by atoms with Crippen molar-refractivity contribution in [1.82, 2.24) is 0 Å². The van der Waals surface area contributed by atoms with E-state index in [-0.39, 0.29) is 12.0 Å². The van der Waals surface area contributed by atoms with Gasteiger partial charge in [-0.15, -0.1) is 0 Å². The maximum atomic E-state index is 9.85. The maximum absolute atomic E-state index is 9.85. The zero-order chi connectivity index (χ0) is 10.6. The van der Waals surface area contributed by atoms with Crippen molar-refractivity contribution in [3.63, 3.8) is 0 Å². The van der Waals surface area contributed by atoms with Gasteiger partial charge in [-0.1, -0.05) is 38.1 Å². The second-order valence-electron chi connectivity index (χ2n) is 3.87. The lowest BCUT2D eigenvalue weighted by molar-refractivity contribution is 0.126. The SMILES string of the molecule is COCc1cccc(C(O)C(C)C)c1. The summed E-state index contributed by atoms with van der Waals surface area (Å²) in [6.45, 7) is 4.61. The van der Waals surface area contributed by atoms with Gasteiger partial charge in [0.1, 0.15) is 0 Å². The van der Waals surface area contributed by atoms with Crippen molar-refractivity contribution in [1.29, 1.82) is 0 Å². The van der Waals surface area contributed by atoms with Crippen molar-refractivity contribution in [3.8, 4) is 0 Å². The minimum absolute atomic E-state index is 0.243. The summed E-state index contributed by atoms with van der Waals surface area (Å²) in [4.78, 5) is 0. The summed E-state index contributed by atoms with van der Waals surface area (Å²) >= 11 is 0. The molecule has 0 aliphatic rings. The third-order valence-electron chi connectivity index (χ3n) is 2.24. The Morgan fingerprint density at radius 2 is 2.07 bits per heavy atom. The van der Waals surface area contributed by atoms with E-state index in [2.05, 4.69) is 0 Å². The highest BCUT2D eigenvalue weighted by Crippen LogP contribution is 2.22. The van der Waals surface area contributed by atoms with Gasteiger partial charge in [0.2, 0.25) is 0 Å². The van der Waals surface area contributed by atoms with Crippen molar-refractivity contribution in [2.75, 3.05) is 7.11 Å². The fraction of sp³-hybridized carbons (Fsp3) is 0.500. The van der Waals surface area contributed by atoms with E-state index in [0.717, 1.165) is 11.1 Å². The number of aliphatic hydroxyl groups excluding tert-OH is 1. The fourth-order valence-corrected chi connectivity index (χ4v) is 1.42. The van der Waals surface area contributed by atoms with Gasteiger partial charge in [-0.25, -0.2) is 0 Å². The van der Waals surface area contributed by atoms with Gasteiger partial charge in [0, 0.05) is 7.11 Å². The minimum atomic E-state index is -0.383. The molecule has 1 N–H and O–H groups in total. The summed E-state index contributed by atoms with van der Waals surface area (Å²) in [5, 5.41) is 9.85. The Balaban J connectivity index is 2.82. The van der Waals surface area contributed by atoms with Gasteiger partial charge in [0.05, 0.1) is 12.7 Å². The van der Waals surface area contributed by atoms with Crippen LogP contribution in [0.5, 0.6) is 0 Å². The molecule has 0 radical (unpaired) electrons. The second-order valence-corrected chi connectivity index (χ2v) is 3.87. The summed E-state index contributed by atoms with van der Waals surface area (Å²) in [5.41, 5.74) is 2.07. The van der Waals surface area contributed by atoms with E-state index in [4.69, 9.17) is 4.74 Å². The first kappa shape index (κ1) is 11.2. The number of ether oxygens (including phenoxy) is 1. The molecular weight excluding hydrogens is 176 g/mol. The molecule has 0 bridgehead atoms. The molecule has 0 fully saturated rings. The Morgan fingerprint density at radius 3 is 2.64 bits per heavy atom. The van der Waals surface area contributed by atoms with E-state index in [1.807, 2.05) is 38.1 Å². The summed E-state index contributed by atoms with van der Waals surface area (Å²) in [5.74, 6) is 0.243. The Bertz CT molecular complexity index is 281. The van der Waals surface area contributed by atoms with Crippen molar-refractivity contribution in [2.24, 2.45) is 5.92 Å². The van der Waals surface area contributed by atoms with Crippen LogP contribution in [0.1, 0.15) is 31.1 Å². The number of hydrogen-bond donors (Lipinski definition) is 1. The molecule has 2 nitrogen and oxygen atoms in total. The van der Waals surface area contributed by atoms with Crippen LogP contribution in [0.2, 0.25) is 0 Å². The zero-order valence-corrected chi connectivity index (χ0v) is 9.03. The molecule has 1 aromatic rings. The Labute approximate surface area is 85.5 Å². The van der Waals surface area contributed by atoms with Crippen LogP contribution in [0, 0.1) is 5.92 Å². The lowest BCUT2D eigenvalue weighted by Crippen LogP contribution is -2.05. The van der Waals surface area contributed by atoms with Crippen molar-refractivity contribution in [3.05, 3.63) is 35.4 Å². The van der Waals surface area contributed by atoms with Gasteiger partial charge in [0.25, 0.3) is 0 Å². The van der Waals surface area contributed by atoms with E-state index in [1.165, 1.54) is 0 Å². The van der Waals surface area contributed by atoms with Crippen molar-refractivity contribution >= 4 is 0 Å². The molecule has 78 valence electrons. The van der Waals surface area contributed by atoms with Gasteiger partial charge in [-0.2, -0.15) is 0 Å². The van der Waals surface area contributed by atoms with Crippen LogP contribution >= 0.6 is 0 Å². The molecule has 1 atom stereocenters. The van der Waals surface area contributed by atoms with E-state index in [1.54, 1.807) is 7.11 Å². The van der Waals surface area contributed by atoms with Crippen LogP contribution in [0.4, 0.5) is 0 Å². The normalized spacial score (nSPS) is 13.2. The third kappa shape index (κ3) is 2.82. The molecule has 0 aromatic heterocycles. The van der Waals surface area contributed by atoms with Gasteiger partial charge in [0.15, 0.2) is 0 Å². The average molecular weight is 194 g/mol. The summed E-state index contributed by atoms with van der Waals surface area (Å²) < 4.78 is 5.04. The molecule has 0 saturated heterocycles. The predicted molar refractivity (Wildman–Crippen MR) is 57.0 cm³/mol. The molecule has 0 saturated carbocycles. The van der Waals surface area contributed by atoms with Crippen LogP contribution in [0.3, 0.4) is 0 Å². The Hall–Kier alpha value is -0.860. The summed E-state index contributed by atoms with van der Waals surface area (Å²) in [6.07, 6.45) is -0.383. The van der Waals surface area contributed by atoms with Crippen molar-refractivity contribution in [2.45, 2.75) is 26.6 Å². The van der Waals surface area contributed by atoms with Crippen molar-refractivity contribution < 1.29 is 9.84 Å². The molecule has 0 aliphatic carbocycles. The first-order chi connectivity index (χ1) is 6.65. The number of aliphatic hydroxyl groups is 1. The predicted octanol–water partition coefficient (Wildman–Crippen LogP) is 2.52. The molecule has 0 amide bonds. The van der Waals surface area contributed by atoms with Crippen LogP contribution < -0.4 is 0 Å². The molecule has 0 heterocycles. The molecule has 1 unspecified atom stereocenters. The van der Waals surface area contributed by atoms with E-state index in [0.29, 0.717) is 6.61 Å². The van der Waals surface area contributed by atoms with Crippen LogP contribution in [-0.4, -0.2) is 12.2 Å². The first-order valence-corrected chi connectivity index (χ1v) is 4.91. The number of benzene rings is 1. The van der Waals surface area contributed by atoms with Crippen LogP contribution in [0.15, 0.2) is 24.3 Å². The number of rotatable bonds is 4. The van der Waals surface area contributed by atoms with Crippen LogP contribution in [-0.2, 0) is 11.3 Å². The van der Waals surface area contributed by atoms with Gasteiger partial charge >= 0.3 is 0 Å². The molecule has 1 rings (SSSR count). The molecule has 0 spiro atoms. The summed E-state index contributed by atoms with van der Waals surface area (Å²) in [7, 11) is 1.67. The number of hydrogen-bond acceptors (Lipinski definition) is 2. The molecular formula is C12H18O2. The topological polar surface area (TPSA) is 29.5 Å². The monoisotopic (exact) mass is 194 g/mol. The highest BCUT2D eigenvalue weighted by molar-refractivity contribution is 5.25. The zero-order valence-electron chi connectivity index (χ0n) is 9.03. The minimum Gasteiger partial charge on any atom is -0.388 e. The fourth-order valence-electron chi connectivity index (χ4n) is 1.42. The average Bonchev–Trinajstić information content (AvgIpc) is 2.17. The van der Waals surface area contributed by atoms with Gasteiger partial charge < -0.3 is 9.84 Å². The smallest absolute Gasteiger partial charge is 0.0813 e. The quantitative estimate of drug-likeness (QED) is 0.798.